The van der Waals surface area contributed by atoms with Crippen molar-refractivity contribution >= 4 is 16.9 Å². The fourth-order valence-corrected chi connectivity index (χ4v) is 2.60. The van der Waals surface area contributed by atoms with Gasteiger partial charge >= 0.3 is 5.97 Å². The van der Waals surface area contributed by atoms with Crippen molar-refractivity contribution in [2.75, 3.05) is 7.11 Å². The highest BCUT2D eigenvalue weighted by Gasteiger charge is 2.23. The number of rotatable bonds is 2. The Morgan fingerprint density at radius 2 is 1.74 bits per heavy atom. The summed E-state index contributed by atoms with van der Waals surface area (Å²) in [5.41, 5.74) is 2.52. The normalized spacial score (nSPS) is 10.7. The van der Waals surface area contributed by atoms with E-state index in [2.05, 4.69) is 0 Å². The minimum absolute atomic E-state index is 0.0712. The molecule has 1 heterocycles. The van der Waals surface area contributed by atoms with Crippen LogP contribution in [0.3, 0.4) is 0 Å². The molecular weight excluding hydrogens is 292 g/mol. The van der Waals surface area contributed by atoms with Gasteiger partial charge in [-0.25, -0.2) is 4.79 Å². The van der Waals surface area contributed by atoms with E-state index in [0.29, 0.717) is 16.5 Å². The van der Waals surface area contributed by atoms with Crippen molar-refractivity contribution in [3.63, 3.8) is 0 Å². The van der Waals surface area contributed by atoms with Crippen LogP contribution in [0.5, 0.6) is 0 Å². The minimum Gasteiger partial charge on any atom is -0.465 e. The summed E-state index contributed by atoms with van der Waals surface area (Å²) >= 11 is 0. The van der Waals surface area contributed by atoms with Gasteiger partial charge in [0.1, 0.15) is 5.58 Å². The van der Waals surface area contributed by atoms with Crippen molar-refractivity contribution in [1.29, 1.82) is 0 Å². The zero-order chi connectivity index (χ0) is 16.6. The summed E-state index contributed by atoms with van der Waals surface area (Å²) in [6.45, 7) is 3.77. The predicted octanol–water partition coefficient (Wildman–Crippen LogP) is 3.86. The van der Waals surface area contributed by atoms with Gasteiger partial charge < -0.3 is 9.15 Å². The molecule has 2 aromatic carbocycles. The number of hydrogen-bond donors (Lipinski definition) is 0. The van der Waals surface area contributed by atoms with Crippen LogP contribution in [0.1, 0.15) is 21.5 Å². The summed E-state index contributed by atoms with van der Waals surface area (Å²) in [7, 11) is 1.25. The van der Waals surface area contributed by atoms with Crippen molar-refractivity contribution in [3.05, 3.63) is 69.4 Å². The van der Waals surface area contributed by atoms with Gasteiger partial charge in [0.15, 0.2) is 11.3 Å². The summed E-state index contributed by atoms with van der Waals surface area (Å²) < 4.78 is 10.7. The number of carbonyl (C=O) groups excluding carboxylic acids is 1. The van der Waals surface area contributed by atoms with E-state index in [1.54, 1.807) is 6.07 Å². The maximum atomic E-state index is 12.8. The lowest BCUT2D eigenvalue weighted by Crippen LogP contribution is -2.18. The molecule has 23 heavy (non-hydrogen) atoms. The molecular formula is C19H16O4. The van der Waals surface area contributed by atoms with Crippen LogP contribution >= 0.6 is 0 Å². The first-order valence-electron chi connectivity index (χ1n) is 7.24. The molecule has 3 rings (SSSR count). The molecule has 0 saturated carbocycles. The lowest BCUT2D eigenvalue weighted by atomic mass is 10.0. The molecule has 0 aliphatic rings. The quantitative estimate of drug-likeness (QED) is 0.674. The van der Waals surface area contributed by atoms with Crippen LogP contribution in [0.15, 0.2) is 51.7 Å². The highest BCUT2D eigenvalue weighted by atomic mass is 16.5. The van der Waals surface area contributed by atoms with E-state index in [1.165, 1.54) is 7.11 Å². The fourth-order valence-electron chi connectivity index (χ4n) is 2.60. The number of aryl methyl sites for hydroxylation is 2. The Morgan fingerprint density at radius 3 is 2.39 bits per heavy atom. The minimum atomic E-state index is -0.695. The van der Waals surface area contributed by atoms with Gasteiger partial charge in [0, 0.05) is 5.56 Å². The van der Waals surface area contributed by atoms with Gasteiger partial charge in [-0.2, -0.15) is 0 Å². The number of methoxy groups -OCH3 is 1. The van der Waals surface area contributed by atoms with E-state index in [4.69, 9.17) is 9.15 Å². The number of fused-ring (bicyclic) bond motifs is 1. The molecule has 0 radical (unpaired) electrons. The largest absolute Gasteiger partial charge is 0.465 e. The Kier molecular flexibility index (Phi) is 3.74. The number of benzene rings is 2. The average Bonchev–Trinajstić information content (AvgIpc) is 2.54. The Hall–Kier alpha value is -2.88. The third-order valence-corrected chi connectivity index (χ3v) is 3.83. The first-order chi connectivity index (χ1) is 11.0. The first kappa shape index (κ1) is 15.0. The lowest BCUT2D eigenvalue weighted by molar-refractivity contribution is 0.0598. The van der Waals surface area contributed by atoms with Gasteiger partial charge in [-0.3, -0.25) is 4.79 Å². The summed E-state index contributed by atoms with van der Waals surface area (Å²) in [5.74, 6) is -0.459. The molecule has 0 spiro atoms. The average molecular weight is 308 g/mol. The predicted molar refractivity (Wildman–Crippen MR) is 88.7 cm³/mol. The van der Waals surface area contributed by atoms with Crippen LogP contribution in [-0.4, -0.2) is 13.1 Å². The summed E-state index contributed by atoms with van der Waals surface area (Å²) in [6.07, 6.45) is 0. The monoisotopic (exact) mass is 308 g/mol. The Labute approximate surface area is 133 Å². The van der Waals surface area contributed by atoms with Gasteiger partial charge in [-0.15, -0.1) is 0 Å². The van der Waals surface area contributed by atoms with Crippen LogP contribution in [0.4, 0.5) is 0 Å². The Morgan fingerprint density at radius 1 is 1.04 bits per heavy atom. The van der Waals surface area contributed by atoms with Gasteiger partial charge in [0.05, 0.1) is 12.5 Å². The van der Waals surface area contributed by atoms with Crippen LogP contribution in [-0.2, 0) is 4.74 Å². The second-order valence-electron chi connectivity index (χ2n) is 5.44. The maximum Gasteiger partial charge on any atom is 0.345 e. The molecule has 4 nitrogen and oxygen atoms in total. The molecule has 0 amide bonds. The molecule has 0 bridgehead atoms. The Bertz CT molecular complexity index is 950. The number of esters is 1. The second-order valence-corrected chi connectivity index (χ2v) is 5.44. The van der Waals surface area contributed by atoms with Crippen molar-refractivity contribution in [3.8, 4) is 11.3 Å². The lowest BCUT2D eigenvalue weighted by Gasteiger charge is -2.10. The van der Waals surface area contributed by atoms with Gasteiger partial charge in [-0.1, -0.05) is 42.0 Å². The van der Waals surface area contributed by atoms with Gasteiger partial charge in [-0.05, 0) is 25.5 Å². The van der Waals surface area contributed by atoms with Crippen LogP contribution in [0.2, 0.25) is 0 Å². The summed E-state index contributed by atoms with van der Waals surface area (Å²) in [6, 6.07) is 12.8. The molecule has 0 unspecified atom stereocenters. The van der Waals surface area contributed by atoms with Crippen LogP contribution in [0, 0.1) is 13.8 Å². The van der Waals surface area contributed by atoms with Crippen molar-refractivity contribution < 1.29 is 13.9 Å². The van der Waals surface area contributed by atoms with Crippen LogP contribution < -0.4 is 5.43 Å². The maximum absolute atomic E-state index is 12.8. The number of carbonyl (C=O) groups is 1. The molecule has 116 valence electrons. The molecule has 0 N–H and O–H groups in total. The van der Waals surface area contributed by atoms with E-state index in [0.717, 1.165) is 11.1 Å². The smallest absolute Gasteiger partial charge is 0.345 e. The zero-order valence-electron chi connectivity index (χ0n) is 13.2. The molecule has 3 aromatic rings. The summed E-state index contributed by atoms with van der Waals surface area (Å²) in [4.78, 5) is 25.0. The topological polar surface area (TPSA) is 56.5 Å². The van der Waals surface area contributed by atoms with Crippen molar-refractivity contribution in [2.24, 2.45) is 0 Å². The van der Waals surface area contributed by atoms with Crippen molar-refractivity contribution in [1.82, 2.24) is 0 Å². The standard InChI is InChI=1S/C19H16O4/c1-11-7-9-13(10-8-11)18-16(19(21)22-3)17(20)15-12(2)5-4-6-14(15)23-18/h4-10H,1-3H3. The molecule has 1 aromatic heterocycles. The number of ether oxygens (including phenoxy) is 1. The SMILES string of the molecule is COC(=O)c1c(-c2ccc(C)cc2)oc2cccc(C)c2c1=O. The highest BCUT2D eigenvalue weighted by Crippen LogP contribution is 2.27. The van der Waals surface area contributed by atoms with E-state index >= 15 is 0 Å². The van der Waals surface area contributed by atoms with Gasteiger partial charge in [0.2, 0.25) is 5.43 Å². The van der Waals surface area contributed by atoms with E-state index in [9.17, 15) is 9.59 Å². The zero-order valence-corrected chi connectivity index (χ0v) is 13.2. The third kappa shape index (κ3) is 2.52. The number of hydrogen-bond acceptors (Lipinski definition) is 4. The second kappa shape index (κ2) is 5.72. The fraction of sp³-hybridized carbons (Fsp3) is 0.158. The van der Waals surface area contributed by atoms with Gasteiger partial charge in [0.25, 0.3) is 0 Å². The molecule has 0 aliphatic carbocycles. The Balaban J connectivity index is 2.42. The molecule has 0 saturated heterocycles. The molecule has 4 heteroatoms. The molecule has 0 fully saturated rings. The van der Waals surface area contributed by atoms with E-state index < -0.39 is 5.97 Å². The van der Waals surface area contributed by atoms with E-state index in [1.807, 2.05) is 50.2 Å². The van der Waals surface area contributed by atoms with E-state index in [-0.39, 0.29) is 16.8 Å². The van der Waals surface area contributed by atoms with Crippen LogP contribution in [0.25, 0.3) is 22.3 Å². The highest BCUT2D eigenvalue weighted by molar-refractivity contribution is 5.99. The molecule has 0 aliphatic heterocycles. The first-order valence-corrected chi connectivity index (χ1v) is 7.24. The van der Waals surface area contributed by atoms with Crippen molar-refractivity contribution in [2.45, 2.75) is 13.8 Å². The summed E-state index contributed by atoms with van der Waals surface area (Å²) in [5, 5.41) is 0.406. The third-order valence-electron chi connectivity index (χ3n) is 3.83. The molecule has 0 atom stereocenters.